The molecule has 0 saturated carbocycles. The molecular weight excluding hydrogens is 254 g/mol. The fraction of sp³-hybridized carbons (Fsp3) is 0.455. The van der Waals surface area contributed by atoms with Gasteiger partial charge in [0, 0.05) is 28.9 Å². The Labute approximate surface area is 109 Å². The minimum atomic E-state index is 0.739. The highest BCUT2D eigenvalue weighted by atomic mass is 32.1. The van der Waals surface area contributed by atoms with E-state index >= 15 is 0 Å². The molecule has 4 nitrogen and oxygen atoms in total. The zero-order valence-corrected chi connectivity index (χ0v) is 11.8. The molecule has 0 unspecified atom stereocenters. The fourth-order valence-electron chi connectivity index (χ4n) is 1.59. The zero-order valence-electron chi connectivity index (χ0n) is 10.1. The van der Waals surface area contributed by atoms with E-state index in [1.54, 1.807) is 18.4 Å². The molecule has 0 aliphatic rings. The Bertz CT molecular complexity index is 481. The summed E-state index contributed by atoms with van der Waals surface area (Å²) in [4.78, 5) is 7.81. The second kappa shape index (κ2) is 5.57. The van der Waals surface area contributed by atoms with E-state index in [4.69, 9.17) is 4.74 Å². The number of thiazole rings is 1. The molecule has 0 aliphatic heterocycles. The summed E-state index contributed by atoms with van der Waals surface area (Å²) in [6.45, 7) is 3.80. The lowest BCUT2D eigenvalue weighted by Crippen LogP contribution is -2.17. The molecule has 0 fully saturated rings. The lowest BCUT2D eigenvalue weighted by atomic mass is 10.3. The Kier molecular flexibility index (Phi) is 4.09. The first-order valence-corrected chi connectivity index (χ1v) is 6.97. The monoisotopic (exact) mass is 269 g/mol. The Morgan fingerprint density at radius 3 is 2.88 bits per heavy atom. The van der Waals surface area contributed by atoms with Crippen LogP contribution in [0.2, 0.25) is 0 Å². The first kappa shape index (κ1) is 12.5. The van der Waals surface area contributed by atoms with E-state index in [0.717, 1.165) is 30.2 Å². The second-order valence-corrected chi connectivity index (χ2v) is 5.45. The molecule has 0 amide bonds. The number of rotatable bonds is 5. The third-order valence-electron chi connectivity index (χ3n) is 2.50. The van der Waals surface area contributed by atoms with Crippen LogP contribution in [-0.2, 0) is 13.1 Å². The van der Waals surface area contributed by atoms with Crippen LogP contribution in [0.5, 0.6) is 5.88 Å². The van der Waals surface area contributed by atoms with Gasteiger partial charge in [0.15, 0.2) is 0 Å². The van der Waals surface area contributed by atoms with Crippen molar-refractivity contribution in [3.8, 4) is 5.88 Å². The smallest absolute Gasteiger partial charge is 0.229 e. The van der Waals surface area contributed by atoms with Gasteiger partial charge in [-0.05, 0) is 25.5 Å². The lowest BCUT2D eigenvalue weighted by Gasteiger charge is -2.15. The van der Waals surface area contributed by atoms with E-state index in [-0.39, 0.29) is 0 Å². The van der Waals surface area contributed by atoms with Gasteiger partial charge in [0.1, 0.15) is 0 Å². The predicted octanol–water partition coefficient (Wildman–Crippen LogP) is 2.55. The van der Waals surface area contributed by atoms with Gasteiger partial charge in [-0.25, -0.2) is 4.98 Å². The highest BCUT2D eigenvalue weighted by Gasteiger charge is 2.11. The highest BCUT2D eigenvalue weighted by Crippen LogP contribution is 2.21. The van der Waals surface area contributed by atoms with Gasteiger partial charge in [0.05, 0.1) is 18.3 Å². The summed E-state index contributed by atoms with van der Waals surface area (Å²) in [7, 11) is 3.75. The molecule has 17 heavy (non-hydrogen) atoms. The highest BCUT2D eigenvalue weighted by molar-refractivity contribution is 7.09. The Hall–Kier alpha value is -0.980. The molecule has 0 aliphatic carbocycles. The van der Waals surface area contributed by atoms with Crippen molar-refractivity contribution in [2.45, 2.75) is 20.0 Å². The van der Waals surface area contributed by atoms with Crippen molar-refractivity contribution in [3.63, 3.8) is 0 Å². The Balaban J connectivity index is 1.98. The largest absolute Gasteiger partial charge is 0.480 e. The lowest BCUT2D eigenvalue weighted by molar-refractivity contribution is 0.311. The SMILES string of the molecule is COc1nscc1CN(C)Cc1scnc1C. The van der Waals surface area contributed by atoms with Crippen molar-refractivity contribution < 1.29 is 4.74 Å². The van der Waals surface area contributed by atoms with Crippen LogP contribution in [0.4, 0.5) is 0 Å². The molecule has 0 atom stereocenters. The van der Waals surface area contributed by atoms with Crippen LogP contribution < -0.4 is 4.74 Å². The fourth-order valence-corrected chi connectivity index (χ4v) is 3.09. The molecule has 2 heterocycles. The van der Waals surface area contributed by atoms with Crippen LogP contribution >= 0.6 is 22.9 Å². The van der Waals surface area contributed by atoms with Gasteiger partial charge in [-0.2, -0.15) is 4.37 Å². The van der Waals surface area contributed by atoms with Gasteiger partial charge in [-0.3, -0.25) is 4.90 Å². The average Bonchev–Trinajstić information content (AvgIpc) is 2.89. The average molecular weight is 269 g/mol. The summed E-state index contributed by atoms with van der Waals surface area (Å²) >= 11 is 3.14. The molecule has 92 valence electrons. The van der Waals surface area contributed by atoms with Crippen molar-refractivity contribution >= 4 is 22.9 Å². The number of aromatic nitrogens is 2. The molecule has 2 aromatic heterocycles. The summed E-state index contributed by atoms with van der Waals surface area (Å²) in [6.07, 6.45) is 0. The molecular formula is C11H15N3OS2. The molecule has 0 spiro atoms. The van der Waals surface area contributed by atoms with E-state index in [1.165, 1.54) is 16.4 Å². The minimum Gasteiger partial charge on any atom is -0.480 e. The molecule has 0 saturated heterocycles. The van der Waals surface area contributed by atoms with E-state index in [0.29, 0.717) is 0 Å². The second-order valence-electron chi connectivity index (χ2n) is 3.88. The summed E-state index contributed by atoms with van der Waals surface area (Å²) in [5.74, 6) is 0.739. The number of hydrogen-bond donors (Lipinski definition) is 0. The number of aryl methyl sites for hydroxylation is 1. The van der Waals surface area contributed by atoms with Gasteiger partial charge in [0.25, 0.3) is 0 Å². The number of ether oxygens (including phenoxy) is 1. The first-order valence-electron chi connectivity index (χ1n) is 5.25. The summed E-state index contributed by atoms with van der Waals surface area (Å²) in [6, 6.07) is 0. The minimum absolute atomic E-state index is 0.739. The van der Waals surface area contributed by atoms with Crippen molar-refractivity contribution in [2.24, 2.45) is 0 Å². The predicted molar refractivity (Wildman–Crippen MR) is 70.7 cm³/mol. The molecule has 0 radical (unpaired) electrons. The van der Waals surface area contributed by atoms with Gasteiger partial charge < -0.3 is 4.74 Å². The number of nitrogens with zero attached hydrogens (tertiary/aromatic N) is 3. The van der Waals surface area contributed by atoms with Gasteiger partial charge in [-0.1, -0.05) is 0 Å². The Morgan fingerprint density at radius 1 is 1.41 bits per heavy atom. The first-order chi connectivity index (χ1) is 8.20. The molecule has 6 heteroatoms. The van der Waals surface area contributed by atoms with Crippen LogP contribution in [0, 0.1) is 6.92 Å². The van der Waals surface area contributed by atoms with E-state index in [1.807, 2.05) is 17.8 Å². The van der Waals surface area contributed by atoms with Gasteiger partial charge in [-0.15, -0.1) is 11.3 Å². The molecule has 0 bridgehead atoms. The molecule has 2 rings (SSSR count). The van der Waals surface area contributed by atoms with Gasteiger partial charge >= 0.3 is 0 Å². The van der Waals surface area contributed by atoms with Crippen molar-refractivity contribution in [2.75, 3.05) is 14.2 Å². The molecule has 0 aromatic carbocycles. The van der Waals surface area contributed by atoms with Crippen LogP contribution in [-0.4, -0.2) is 28.4 Å². The molecule has 2 aromatic rings. The summed E-state index contributed by atoms with van der Waals surface area (Å²) < 4.78 is 9.39. The van der Waals surface area contributed by atoms with Crippen molar-refractivity contribution in [1.82, 2.24) is 14.3 Å². The van der Waals surface area contributed by atoms with Crippen molar-refractivity contribution in [3.05, 3.63) is 27.0 Å². The number of methoxy groups -OCH3 is 1. The van der Waals surface area contributed by atoms with Crippen LogP contribution in [0.3, 0.4) is 0 Å². The maximum atomic E-state index is 5.21. The topological polar surface area (TPSA) is 38.2 Å². The van der Waals surface area contributed by atoms with E-state index in [9.17, 15) is 0 Å². The third-order valence-corrected chi connectivity index (χ3v) is 4.08. The van der Waals surface area contributed by atoms with Crippen LogP contribution in [0.25, 0.3) is 0 Å². The molecule has 0 N–H and O–H groups in total. The van der Waals surface area contributed by atoms with E-state index < -0.39 is 0 Å². The zero-order chi connectivity index (χ0) is 12.3. The van der Waals surface area contributed by atoms with E-state index in [2.05, 4.69) is 21.3 Å². The third kappa shape index (κ3) is 3.02. The van der Waals surface area contributed by atoms with Gasteiger partial charge in [0.2, 0.25) is 5.88 Å². The Morgan fingerprint density at radius 2 is 2.24 bits per heavy atom. The standard InChI is InChI=1S/C11H15N3OS2/c1-8-10(16-7-12-8)5-14(2)4-9-6-17-13-11(9)15-3/h6-7H,4-5H2,1-3H3. The normalized spacial score (nSPS) is 11.1. The van der Waals surface area contributed by atoms with Crippen molar-refractivity contribution in [1.29, 1.82) is 0 Å². The summed E-state index contributed by atoms with van der Waals surface area (Å²) in [5.41, 5.74) is 4.16. The maximum Gasteiger partial charge on any atom is 0.229 e. The maximum absolute atomic E-state index is 5.21. The van der Waals surface area contributed by atoms with Crippen LogP contribution in [0.1, 0.15) is 16.1 Å². The van der Waals surface area contributed by atoms with Crippen LogP contribution in [0.15, 0.2) is 10.9 Å². The quantitative estimate of drug-likeness (QED) is 0.836. The summed E-state index contributed by atoms with van der Waals surface area (Å²) in [5, 5.41) is 2.04. The number of hydrogen-bond acceptors (Lipinski definition) is 6.